The fourth-order valence-electron chi connectivity index (χ4n) is 3.76. The third-order valence-corrected chi connectivity index (χ3v) is 5.52. The molecule has 0 bridgehead atoms. The molecule has 1 amide bonds. The molecule has 0 unspecified atom stereocenters. The van der Waals surface area contributed by atoms with E-state index in [0.717, 1.165) is 46.4 Å². The van der Waals surface area contributed by atoms with Crippen LogP contribution in [0.25, 0.3) is 11.0 Å². The number of carbonyl (C=O) groups excluding carboxylic acids is 1. The van der Waals surface area contributed by atoms with Crippen LogP contribution in [0.5, 0.6) is 0 Å². The Hall–Kier alpha value is -2.69. The van der Waals surface area contributed by atoms with E-state index in [0.29, 0.717) is 18.0 Å². The lowest BCUT2D eigenvalue weighted by Gasteiger charge is -2.24. The van der Waals surface area contributed by atoms with Crippen LogP contribution in [0.15, 0.2) is 30.5 Å². The van der Waals surface area contributed by atoms with Crippen molar-refractivity contribution in [3.05, 3.63) is 52.8 Å². The Labute approximate surface area is 166 Å². The van der Waals surface area contributed by atoms with Crippen LogP contribution >= 0.6 is 0 Å². The molecule has 0 radical (unpaired) electrons. The lowest BCUT2D eigenvalue weighted by Crippen LogP contribution is -2.31. The Morgan fingerprint density at radius 2 is 2.00 bits per heavy atom. The van der Waals surface area contributed by atoms with Crippen molar-refractivity contribution in [1.29, 1.82) is 0 Å². The maximum Gasteiger partial charge on any atom is 0.259 e. The Kier molecular flexibility index (Phi) is 4.69. The van der Waals surface area contributed by atoms with E-state index in [1.54, 1.807) is 6.20 Å². The van der Waals surface area contributed by atoms with Crippen LogP contribution in [0.4, 0.5) is 5.69 Å². The molecular weight excluding hydrogens is 348 g/mol. The first-order valence-electron chi connectivity index (χ1n) is 10.2. The summed E-state index contributed by atoms with van der Waals surface area (Å²) in [4.78, 5) is 20.4. The van der Waals surface area contributed by atoms with Crippen LogP contribution in [0.2, 0.25) is 0 Å². The average Bonchev–Trinajstić information content (AvgIpc) is 3.43. The molecule has 4 rings (SSSR count). The first-order chi connectivity index (χ1) is 13.4. The molecule has 3 aromatic rings. The Morgan fingerprint density at radius 3 is 2.64 bits per heavy atom. The van der Waals surface area contributed by atoms with E-state index < -0.39 is 0 Å². The monoisotopic (exact) mass is 376 g/mol. The number of anilines is 1. The topological polar surface area (TPSA) is 51.0 Å². The molecule has 2 aromatic heterocycles. The summed E-state index contributed by atoms with van der Waals surface area (Å²) in [6, 6.07) is 8.45. The maximum absolute atomic E-state index is 13.7. The van der Waals surface area contributed by atoms with Crippen molar-refractivity contribution in [2.75, 3.05) is 11.4 Å². The number of pyridine rings is 1. The van der Waals surface area contributed by atoms with Gasteiger partial charge in [0.2, 0.25) is 0 Å². The molecule has 0 saturated heterocycles. The number of aromatic nitrogens is 3. The minimum atomic E-state index is 0.0220. The Morgan fingerprint density at radius 1 is 1.25 bits per heavy atom. The third-order valence-electron chi connectivity index (χ3n) is 5.52. The number of aryl methyl sites for hydroxylation is 2. The van der Waals surface area contributed by atoms with Gasteiger partial charge in [-0.15, -0.1) is 0 Å². The fourth-order valence-corrected chi connectivity index (χ4v) is 3.76. The highest BCUT2D eigenvalue weighted by atomic mass is 16.2. The van der Waals surface area contributed by atoms with Gasteiger partial charge in [-0.25, -0.2) is 9.67 Å². The molecule has 146 valence electrons. The van der Waals surface area contributed by atoms with Crippen molar-refractivity contribution in [3.63, 3.8) is 0 Å². The van der Waals surface area contributed by atoms with Gasteiger partial charge in [0.25, 0.3) is 5.91 Å². The second-order valence-corrected chi connectivity index (χ2v) is 8.13. The van der Waals surface area contributed by atoms with Crippen molar-refractivity contribution in [2.45, 2.75) is 59.4 Å². The van der Waals surface area contributed by atoms with E-state index >= 15 is 0 Å². The zero-order chi connectivity index (χ0) is 20.0. The summed E-state index contributed by atoms with van der Waals surface area (Å²) in [6.45, 7) is 10.9. The molecule has 0 spiro atoms. The quantitative estimate of drug-likeness (QED) is 0.617. The lowest BCUT2D eigenvalue weighted by atomic mass is 10.1. The number of carbonyl (C=O) groups is 1. The highest BCUT2D eigenvalue weighted by Crippen LogP contribution is 2.40. The molecular formula is C23H28N4O. The standard InChI is InChI=1S/C23H28N4O/c1-6-26(21-11-15(4)7-8-16(21)5)23(28)18-12-20(17-9-10-17)25-22-19(18)13-24-27(22)14(2)3/h7-8,11-14,17H,6,9-10H2,1-5H3. The Balaban J connectivity index is 1.87. The van der Waals surface area contributed by atoms with Gasteiger partial charge < -0.3 is 4.90 Å². The fraction of sp³-hybridized carbons (Fsp3) is 0.435. The highest BCUT2D eigenvalue weighted by Gasteiger charge is 2.29. The van der Waals surface area contributed by atoms with E-state index in [-0.39, 0.29) is 11.9 Å². The summed E-state index contributed by atoms with van der Waals surface area (Å²) in [5.74, 6) is 0.496. The van der Waals surface area contributed by atoms with Gasteiger partial charge in [0.05, 0.1) is 17.1 Å². The second-order valence-electron chi connectivity index (χ2n) is 8.13. The molecule has 1 saturated carbocycles. The maximum atomic E-state index is 13.7. The van der Waals surface area contributed by atoms with E-state index in [1.807, 2.05) is 22.6 Å². The smallest absolute Gasteiger partial charge is 0.259 e. The van der Waals surface area contributed by atoms with Gasteiger partial charge in [-0.2, -0.15) is 5.10 Å². The highest BCUT2D eigenvalue weighted by molar-refractivity contribution is 6.13. The summed E-state index contributed by atoms with van der Waals surface area (Å²) in [5.41, 5.74) is 5.78. The van der Waals surface area contributed by atoms with Crippen molar-refractivity contribution in [3.8, 4) is 0 Å². The summed E-state index contributed by atoms with van der Waals surface area (Å²) in [6.07, 6.45) is 4.09. The van der Waals surface area contributed by atoms with E-state index in [2.05, 4.69) is 51.0 Å². The van der Waals surface area contributed by atoms with Gasteiger partial charge in [-0.05, 0) is 70.7 Å². The van der Waals surface area contributed by atoms with Crippen LogP contribution in [0.3, 0.4) is 0 Å². The molecule has 28 heavy (non-hydrogen) atoms. The SMILES string of the molecule is CCN(C(=O)c1cc(C2CC2)nc2c1cnn2C(C)C)c1cc(C)ccc1C. The summed E-state index contributed by atoms with van der Waals surface area (Å²) < 4.78 is 1.92. The largest absolute Gasteiger partial charge is 0.308 e. The van der Waals surface area contributed by atoms with Crippen LogP contribution in [-0.2, 0) is 0 Å². The number of benzene rings is 1. The molecule has 2 heterocycles. The van der Waals surface area contributed by atoms with Gasteiger partial charge in [-0.1, -0.05) is 12.1 Å². The first-order valence-corrected chi connectivity index (χ1v) is 10.2. The molecule has 1 fully saturated rings. The Bertz CT molecular complexity index is 1050. The van der Waals surface area contributed by atoms with Gasteiger partial charge in [-0.3, -0.25) is 4.79 Å². The molecule has 1 aliphatic carbocycles. The van der Waals surface area contributed by atoms with Crippen molar-refractivity contribution >= 4 is 22.6 Å². The van der Waals surface area contributed by atoms with Crippen molar-refractivity contribution in [2.24, 2.45) is 0 Å². The van der Waals surface area contributed by atoms with Gasteiger partial charge in [0.1, 0.15) is 0 Å². The number of amides is 1. The zero-order valence-corrected chi connectivity index (χ0v) is 17.4. The molecule has 5 nitrogen and oxygen atoms in total. The normalized spacial score (nSPS) is 14.1. The molecule has 0 N–H and O–H groups in total. The summed E-state index contributed by atoms with van der Waals surface area (Å²) in [7, 11) is 0. The first kappa shape index (κ1) is 18.7. The average molecular weight is 377 g/mol. The summed E-state index contributed by atoms with van der Waals surface area (Å²) >= 11 is 0. The van der Waals surface area contributed by atoms with E-state index in [9.17, 15) is 4.79 Å². The van der Waals surface area contributed by atoms with Crippen LogP contribution in [0, 0.1) is 13.8 Å². The number of nitrogens with zero attached hydrogens (tertiary/aromatic N) is 4. The number of rotatable bonds is 5. The predicted octanol–water partition coefficient (Wildman–Crippen LogP) is 5.17. The van der Waals surface area contributed by atoms with Crippen molar-refractivity contribution < 1.29 is 4.79 Å². The number of fused-ring (bicyclic) bond motifs is 1. The second kappa shape index (κ2) is 7.04. The molecule has 0 aliphatic heterocycles. The summed E-state index contributed by atoms with van der Waals surface area (Å²) in [5, 5.41) is 5.37. The molecule has 5 heteroatoms. The van der Waals surface area contributed by atoms with Crippen LogP contribution in [-0.4, -0.2) is 27.2 Å². The predicted molar refractivity (Wildman–Crippen MR) is 113 cm³/mol. The van der Waals surface area contributed by atoms with E-state index in [1.165, 1.54) is 0 Å². The van der Waals surface area contributed by atoms with Gasteiger partial charge in [0.15, 0.2) is 5.65 Å². The minimum absolute atomic E-state index is 0.0220. The van der Waals surface area contributed by atoms with Crippen LogP contribution in [0.1, 0.15) is 72.8 Å². The molecule has 0 atom stereocenters. The van der Waals surface area contributed by atoms with Gasteiger partial charge >= 0.3 is 0 Å². The van der Waals surface area contributed by atoms with Crippen LogP contribution < -0.4 is 4.90 Å². The van der Waals surface area contributed by atoms with E-state index in [4.69, 9.17) is 4.98 Å². The van der Waals surface area contributed by atoms with Crippen molar-refractivity contribution in [1.82, 2.24) is 14.8 Å². The number of hydrogen-bond donors (Lipinski definition) is 0. The van der Waals surface area contributed by atoms with Gasteiger partial charge in [0, 0.05) is 29.9 Å². The third kappa shape index (κ3) is 3.19. The molecule has 1 aromatic carbocycles. The zero-order valence-electron chi connectivity index (χ0n) is 17.4. The molecule has 1 aliphatic rings. The number of hydrogen-bond acceptors (Lipinski definition) is 3. The minimum Gasteiger partial charge on any atom is -0.308 e. The lowest BCUT2D eigenvalue weighted by molar-refractivity contribution is 0.0989.